The summed E-state index contributed by atoms with van der Waals surface area (Å²) < 4.78 is 1.37. The lowest BCUT2D eigenvalue weighted by Crippen LogP contribution is -2.20. The Morgan fingerprint density at radius 1 is 1.10 bits per heavy atom. The number of aromatic nitrogens is 3. The summed E-state index contributed by atoms with van der Waals surface area (Å²) in [6, 6.07) is 6.81. The fourth-order valence-corrected chi connectivity index (χ4v) is 3.34. The molecular formula is C20H15N4O5-. The Labute approximate surface area is 163 Å². The van der Waals surface area contributed by atoms with Gasteiger partial charge in [-0.1, -0.05) is 24.3 Å². The van der Waals surface area contributed by atoms with Gasteiger partial charge in [0.1, 0.15) is 11.3 Å². The van der Waals surface area contributed by atoms with Gasteiger partial charge in [0.15, 0.2) is 0 Å². The quantitative estimate of drug-likeness (QED) is 0.452. The Kier molecular flexibility index (Phi) is 4.19. The molecule has 2 aromatic heterocycles. The van der Waals surface area contributed by atoms with Crippen molar-refractivity contribution in [3.05, 3.63) is 90.8 Å². The SMILES string of the molecule is Cn1c(=O)c(-c2[nH][nH]c(=O)c2C=C2C=CC=CC2=[N+]([O-])[O-])c(O)c2ccccc21. The minimum absolute atomic E-state index is 0.00183. The van der Waals surface area contributed by atoms with Gasteiger partial charge in [-0.3, -0.25) is 19.8 Å². The molecule has 0 unspecified atom stereocenters. The number of nitrogens with one attached hydrogen (secondary N) is 2. The summed E-state index contributed by atoms with van der Waals surface area (Å²) in [6.45, 7) is 0. The lowest BCUT2D eigenvalue weighted by Gasteiger charge is -2.12. The standard InChI is InChI=1S/C20H15N4O5/c1-23-15-9-5-3-7-12(15)18(25)16(20(23)27)17-13(19(26)22-21-17)10-11-6-2-4-8-14(11)24(28)29/h2-10H,1H3,(H3-,21,22,25,26,27,28,29)/q-1. The third kappa shape index (κ3) is 2.85. The van der Waals surface area contributed by atoms with Crippen LogP contribution < -0.4 is 11.1 Å². The Hall–Kier alpha value is -4.27. The van der Waals surface area contributed by atoms with Crippen LogP contribution in [0.15, 0.2) is 63.7 Å². The molecule has 0 saturated heterocycles. The van der Waals surface area contributed by atoms with E-state index in [4.69, 9.17) is 0 Å². The molecule has 0 atom stereocenters. The molecule has 0 saturated carbocycles. The van der Waals surface area contributed by atoms with Crippen molar-refractivity contribution in [2.75, 3.05) is 0 Å². The van der Waals surface area contributed by atoms with Crippen LogP contribution >= 0.6 is 0 Å². The van der Waals surface area contributed by atoms with E-state index in [-0.39, 0.29) is 33.9 Å². The number of aryl methyl sites for hydroxylation is 1. The molecule has 3 aromatic rings. The average molecular weight is 391 g/mol. The van der Waals surface area contributed by atoms with Crippen LogP contribution in [0, 0.1) is 10.4 Å². The first-order valence-corrected chi connectivity index (χ1v) is 8.60. The lowest BCUT2D eigenvalue weighted by atomic mass is 9.99. The minimum Gasteiger partial charge on any atom is -0.612 e. The summed E-state index contributed by atoms with van der Waals surface area (Å²) in [5.41, 5.74) is -0.605. The fourth-order valence-electron chi connectivity index (χ4n) is 3.34. The second-order valence-corrected chi connectivity index (χ2v) is 6.43. The summed E-state index contributed by atoms with van der Waals surface area (Å²) in [5.74, 6) is -0.281. The Balaban J connectivity index is 2.02. The highest BCUT2D eigenvalue weighted by Gasteiger charge is 2.22. The number of benzene rings is 1. The van der Waals surface area contributed by atoms with Crippen LogP contribution in [0.3, 0.4) is 0 Å². The number of allylic oxidation sites excluding steroid dienone is 5. The third-order valence-electron chi connectivity index (χ3n) is 4.77. The average Bonchev–Trinajstić information content (AvgIpc) is 3.07. The van der Waals surface area contributed by atoms with E-state index in [1.807, 2.05) is 0 Å². The first-order valence-electron chi connectivity index (χ1n) is 8.60. The molecule has 1 aromatic carbocycles. The van der Waals surface area contributed by atoms with Crippen LogP contribution in [-0.2, 0) is 7.05 Å². The normalized spacial score (nSPS) is 14.8. The first kappa shape index (κ1) is 18.1. The molecule has 29 heavy (non-hydrogen) atoms. The number of aromatic amines is 2. The van der Waals surface area contributed by atoms with Crippen LogP contribution in [0.4, 0.5) is 0 Å². The Morgan fingerprint density at radius 3 is 2.59 bits per heavy atom. The molecule has 4 rings (SSSR count). The van der Waals surface area contributed by atoms with Gasteiger partial charge in [0.2, 0.25) is 5.71 Å². The molecule has 9 heteroatoms. The summed E-state index contributed by atoms with van der Waals surface area (Å²) in [7, 11) is 1.56. The van der Waals surface area contributed by atoms with Crippen molar-refractivity contribution in [2.24, 2.45) is 7.05 Å². The van der Waals surface area contributed by atoms with Crippen molar-refractivity contribution in [3.63, 3.8) is 0 Å². The van der Waals surface area contributed by atoms with Crippen LogP contribution in [-0.4, -0.2) is 30.5 Å². The first-order chi connectivity index (χ1) is 13.9. The van der Waals surface area contributed by atoms with Gasteiger partial charge in [-0.2, -0.15) is 4.90 Å². The van der Waals surface area contributed by atoms with E-state index in [1.165, 1.54) is 28.9 Å². The zero-order valence-corrected chi connectivity index (χ0v) is 15.2. The molecule has 0 spiro atoms. The molecule has 1 aliphatic carbocycles. The van der Waals surface area contributed by atoms with Crippen molar-refractivity contribution in [1.29, 1.82) is 0 Å². The smallest absolute Gasteiger partial charge is 0.271 e. The number of fused-ring (bicyclic) bond motifs is 1. The molecule has 0 fully saturated rings. The topological polar surface area (TPSA) is 140 Å². The third-order valence-corrected chi connectivity index (χ3v) is 4.77. The van der Waals surface area contributed by atoms with Crippen molar-refractivity contribution >= 4 is 22.7 Å². The van der Waals surface area contributed by atoms with Crippen LogP contribution in [0.2, 0.25) is 0 Å². The molecule has 146 valence electrons. The van der Waals surface area contributed by atoms with E-state index in [1.54, 1.807) is 37.4 Å². The van der Waals surface area contributed by atoms with Crippen molar-refractivity contribution < 1.29 is 10.0 Å². The number of rotatable bonds is 2. The lowest BCUT2D eigenvalue weighted by molar-refractivity contribution is -0.377. The molecule has 0 amide bonds. The second kappa shape index (κ2) is 6.71. The van der Waals surface area contributed by atoms with Gasteiger partial charge < -0.3 is 20.1 Å². The van der Waals surface area contributed by atoms with Gasteiger partial charge >= 0.3 is 0 Å². The van der Waals surface area contributed by atoms with Gasteiger partial charge in [0.25, 0.3) is 11.1 Å². The van der Waals surface area contributed by atoms with E-state index in [0.29, 0.717) is 10.9 Å². The molecule has 2 heterocycles. The number of hydrogen-bond donors (Lipinski definition) is 3. The monoisotopic (exact) mass is 391 g/mol. The summed E-state index contributed by atoms with van der Waals surface area (Å²) in [5, 5.41) is 38.8. The Bertz CT molecular complexity index is 1380. The largest absolute Gasteiger partial charge is 0.612 e. The second-order valence-electron chi connectivity index (χ2n) is 6.43. The number of H-pyrrole nitrogens is 2. The minimum atomic E-state index is -0.576. The molecule has 3 N–H and O–H groups in total. The molecule has 0 bridgehead atoms. The van der Waals surface area contributed by atoms with E-state index in [2.05, 4.69) is 10.2 Å². The molecule has 9 nitrogen and oxygen atoms in total. The van der Waals surface area contributed by atoms with Gasteiger partial charge in [-0.05, 0) is 24.3 Å². The van der Waals surface area contributed by atoms with Crippen molar-refractivity contribution in [1.82, 2.24) is 14.8 Å². The van der Waals surface area contributed by atoms with Crippen molar-refractivity contribution in [3.8, 4) is 17.0 Å². The van der Waals surface area contributed by atoms with Crippen molar-refractivity contribution in [2.45, 2.75) is 0 Å². The van der Waals surface area contributed by atoms with Crippen LogP contribution in [0.1, 0.15) is 5.56 Å². The number of aromatic hydroxyl groups is 1. The maximum Gasteiger partial charge on any atom is 0.271 e. The predicted octanol–water partition coefficient (Wildman–Crippen LogP) is 1.89. The molecular weight excluding hydrogens is 376 g/mol. The van der Waals surface area contributed by atoms with Gasteiger partial charge in [0, 0.05) is 24.1 Å². The number of para-hydroxylation sites is 1. The summed E-state index contributed by atoms with van der Waals surface area (Å²) in [6.07, 6.45) is 7.25. The summed E-state index contributed by atoms with van der Waals surface area (Å²) in [4.78, 5) is 24.8. The van der Waals surface area contributed by atoms with Gasteiger partial charge in [-0.25, -0.2) is 0 Å². The highest BCUT2D eigenvalue weighted by molar-refractivity contribution is 6.11. The highest BCUT2D eigenvalue weighted by Crippen LogP contribution is 2.33. The van der Waals surface area contributed by atoms with Crippen LogP contribution in [0.5, 0.6) is 5.75 Å². The van der Waals surface area contributed by atoms with E-state index in [9.17, 15) is 25.1 Å². The molecule has 0 aliphatic heterocycles. The summed E-state index contributed by atoms with van der Waals surface area (Å²) >= 11 is 0. The van der Waals surface area contributed by atoms with E-state index < -0.39 is 16.0 Å². The number of nitrogens with zero attached hydrogens (tertiary/aromatic N) is 2. The van der Waals surface area contributed by atoms with Crippen LogP contribution in [0.25, 0.3) is 28.2 Å². The predicted molar refractivity (Wildman–Crippen MR) is 110 cm³/mol. The zero-order valence-electron chi connectivity index (χ0n) is 15.2. The fraction of sp³-hybridized carbons (Fsp3) is 0.0500. The molecule has 0 radical (unpaired) electrons. The highest BCUT2D eigenvalue weighted by atomic mass is 16.8. The number of hydrogen-bond acceptors (Lipinski definition) is 5. The van der Waals surface area contributed by atoms with E-state index in [0.717, 1.165) is 0 Å². The maximum absolute atomic E-state index is 12.9. The maximum atomic E-state index is 12.9. The molecule has 1 aliphatic rings. The van der Waals surface area contributed by atoms with E-state index >= 15 is 0 Å². The van der Waals surface area contributed by atoms with Gasteiger partial charge in [-0.15, -0.1) is 0 Å². The van der Waals surface area contributed by atoms with Gasteiger partial charge in [0.05, 0.1) is 16.8 Å². The Morgan fingerprint density at radius 2 is 1.83 bits per heavy atom. The number of pyridine rings is 1. The zero-order chi connectivity index (χ0) is 20.7.